The van der Waals surface area contributed by atoms with E-state index in [2.05, 4.69) is 13.8 Å². The van der Waals surface area contributed by atoms with Crippen LogP contribution in [0.1, 0.15) is 226 Å². The van der Waals surface area contributed by atoms with Crippen molar-refractivity contribution in [2.75, 3.05) is 0 Å². The third-order valence-corrected chi connectivity index (χ3v) is 15.8. The molecule has 0 aromatic rings. The van der Waals surface area contributed by atoms with Gasteiger partial charge in [-0.2, -0.15) is 0 Å². The molecule has 272 valence electrons. The summed E-state index contributed by atoms with van der Waals surface area (Å²) in [7, 11) is 0. The first-order valence-corrected chi connectivity index (χ1v) is 22.2. The van der Waals surface area contributed by atoms with Crippen molar-refractivity contribution in [3.8, 4) is 0 Å². The quantitative estimate of drug-likeness (QED) is 0.109. The third kappa shape index (κ3) is 10.3. The number of carbonyl (C=O) groups is 1. The zero-order chi connectivity index (χ0) is 32.8. The highest BCUT2D eigenvalue weighted by Gasteiger charge is 2.53. The lowest BCUT2D eigenvalue weighted by Crippen LogP contribution is -2.49. The van der Waals surface area contributed by atoms with E-state index in [4.69, 9.17) is 4.74 Å². The van der Waals surface area contributed by atoms with Crippen LogP contribution in [0.25, 0.3) is 0 Å². The molecule has 5 saturated carbocycles. The topological polar surface area (TPSA) is 26.3 Å². The molecule has 0 bridgehead atoms. The van der Waals surface area contributed by atoms with Gasteiger partial charge in [-0.15, -0.1) is 0 Å². The highest BCUT2D eigenvalue weighted by molar-refractivity contribution is 5.37. The number of hydrogen-bond donors (Lipinski definition) is 0. The van der Waals surface area contributed by atoms with Crippen LogP contribution in [-0.4, -0.2) is 12.6 Å². The second-order valence-corrected chi connectivity index (χ2v) is 18.4. The van der Waals surface area contributed by atoms with Crippen LogP contribution in [-0.2, 0) is 9.53 Å². The Morgan fingerprint density at radius 1 is 0.574 bits per heavy atom. The second-order valence-electron chi connectivity index (χ2n) is 18.4. The number of hydrogen-bond acceptors (Lipinski definition) is 2. The van der Waals surface area contributed by atoms with Gasteiger partial charge in [0.25, 0.3) is 6.47 Å². The van der Waals surface area contributed by atoms with Crippen molar-refractivity contribution >= 4 is 6.47 Å². The van der Waals surface area contributed by atoms with Crippen molar-refractivity contribution in [2.45, 2.75) is 232 Å². The third-order valence-electron chi connectivity index (χ3n) is 15.8. The van der Waals surface area contributed by atoms with Crippen molar-refractivity contribution in [1.29, 1.82) is 0 Å². The van der Waals surface area contributed by atoms with Crippen LogP contribution >= 0.6 is 0 Å². The van der Waals surface area contributed by atoms with Gasteiger partial charge in [0.1, 0.15) is 6.10 Å². The van der Waals surface area contributed by atoms with Gasteiger partial charge in [0.05, 0.1) is 0 Å². The minimum atomic E-state index is 0.180. The molecule has 0 aromatic carbocycles. The highest BCUT2D eigenvalue weighted by atomic mass is 16.5. The Hall–Kier alpha value is -0.530. The molecule has 0 aliphatic heterocycles. The Bertz CT molecular complexity index is 828. The zero-order valence-corrected chi connectivity index (χ0v) is 31.8. The Morgan fingerprint density at radius 3 is 1.64 bits per heavy atom. The maximum Gasteiger partial charge on any atom is 0.293 e. The summed E-state index contributed by atoms with van der Waals surface area (Å²) in [6.45, 7) is 5.45. The highest BCUT2D eigenvalue weighted by Crippen LogP contribution is 2.63. The fourth-order valence-corrected chi connectivity index (χ4v) is 13.1. The number of unbranched alkanes of at least 4 members (excludes halogenated alkanes) is 6. The van der Waals surface area contributed by atoms with Crippen LogP contribution < -0.4 is 0 Å². The van der Waals surface area contributed by atoms with Crippen molar-refractivity contribution in [3.63, 3.8) is 0 Å². The van der Waals surface area contributed by atoms with Gasteiger partial charge < -0.3 is 4.74 Å². The maximum atomic E-state index is 11.4. The van der Waals surface area contributed by atoms with Crippen LogP contribution in [0.3, 0.4) is 0 Å². The van der Waals surface area contributed by atoms with E-state index in [-0.39, 0.29) is 6.10 Å². The van der Waals surface area contributed by atoms with Crippen LogP contribution in [0.5, 0.6) is 0 Å². The zero-order valence-electron chi connectivity index (χ0n) is 31.8. The molecule has 2 heteroatoms. The molecular weight excluding hydrogens is 572 g/mol. The first-order chi connectivity index (χ1) is 23.1. The first-order valence-electron chi connectivity index (χ1n) is 22.2. The molecule has 0 amide bonds. The van der Waals surface area contributed by atoms with E-state index in [1.54, 1.807) is 25.7 Å². The normalized spacial score (nSPS) is 34.5. The molecule has 1 unspecified atom stereocenters. The lowest BCUT2D eigenvalue weighted by atomic mass is 9.47. The Labute approximate surface area is 293 Å². The first kappa shape index (κ1) is 37.7. The monoisotopic (exact) mass is 653 g/mol. The van der Waals surface area contributed by atoms with E-state index < -0.39 is 0 Å². The molecule has 5 aliphatic rings. The molecule has 5 fully saturated rings. The van der Waals surface area contributed by atoms with Gasteiger partial charge in [0.2, 0.25) is 0 Å². The number of rotatable bonds is 18. The fraction of sp³-hybridized carbons (Fsp3) is 0.978. The molecule has 0 radical (unpaired) electrons. The van der Waals surface area contributed by atoms with Crippen molar-refractivity contribution < 1.29 is 9.53 Å². The molecule has 2 nitrogen and oxygen atoms in total. The summed E-state index contributed by atoms with van der Waals surface area (Å²) in [5.41, 5.74) is 1.12. The van der Waals surface area contributed by atoms with E-state index in [9.17, 15) is 4.79 Å². The Kier molecular flexibility index (Phi) is 15.9. The van der Waals surface area contributed by atoms with E-state index in [1.807, 2.05) is 0 Å². The molecule has 0 heterocycles. The molecular formula is C45H80O2. The van der Waals surface area contributed by atoms with Crippen LogP contribution in [0, 0.1) is 46.3 Å². The van der Waals surface area contributed by atoms with Gasteiger partial charge in [0, 0.05) is 0 Å². The predicted molar refractivity (Wildman–Crippen MR) is 200 cm³/mol. The molecule has 47 heavy (non-hydrogen) atoms. The van der Waals surface area contributed by atoms with Gasteiger partial charge >= 0.3 is 0 Å². The van der Waals surface area contributed by atoms with Gasteiger partial charge in [-0.05, 0) is 117 Å². The summed E-state index contributed by atoms with van der Waals surface area (Å²) in [6.07, 6.45) is 48.4. The van der Waals surface area contributed by atoms with E-state index >= 15 is 0 Å². The largest absolute Gasteiger partial charge is 0.465 e. The van der Waals surface area contributed by atoms with E-state index in [0.717, 1.165) is 54.8 Å². The van der Waals surface area contributed by atoms with Gasteiger partial charge in [-0.25, -0.2) is 0 Å². The second kappa shape index (κ2) is 19.8. The lowest BCUT2D eigenvalue weighted by Gasteiger charge is -2.58. The molecule has 5 rings (SSSR count). The van der Waals surface area contributed by atoms with Crippen molar-refractivity contribution in [2.24, 2.45) is 46.3 Å². The van der Waals surface area contributed by atoms with Gasteiger partial charge in [0.15, 0.2) is 0 Å². The summed E-state index contributed by atoms with van der Waals surface area (Å²) >= 11 is 0. The predicted octanol–water partition coefficient (Wildman–Crippen LogP) is 14.2. The smallest absolute Gasteiger partial charge is 0.293 e. The van der Waals surface area contributed by atoms with Crippen LogP contribution in [0.15, 0.2) is 0 Å². The average Bonchev–Trinajstić information content (AvgIpc) is 3.13. The summed E-state index contributed by atoms with van der Waals surface area (Å²) in [5, 5.41) is 0. The van der Waals surface area contributed by atoms with E-state index in [1.165, 1.54) is 173 Å². The minimum Gasteiger partial charge on any atom is -0.465 e. The number of carbonyl (C=O) groups excluding carboxylic acids is 1. The maximum absolute atomic E-state index is 11.4. The van der Waals surface area contributed by atoms with Gasteiger partial charge in [-0.1, -0.05) is 155 Å². The molecule has 1 atom stereocenters. The van der Waals surface area contributed by atoms with E-state index in [0.29, 0.717) is 10.8 Å². The molecule has 0 N–H and O–H groups in total. The lowest BCUT2D eigenvalue weighted by molar-refractivity contribution is -0.138. The van der Waals surface area contributed by atoms with Gasteiger partial charge in [-0.3, -0.25) is 4.79 Å². The average molecular weight is 653 g/mol. The Balaban J connectivity index is 1.35. The SMILES string of the molecule is CCCCCC[C@H]1CC[C@H](C2(CC(C3CCCCC3)C3([C@H]4CC[C@H](CCCCCC)CC4)CCCCC3)CCC(OC=O)CC2)CC1. The summed E-state index contributed by atoms with van der Waals surface area (Å²) < 4.78 is 5.67. The van der Waals surface area contributed by atoms with Crippen LogP contribution in [0.2, 0.25) is 0 Å². The summed E-state index contributed by atoms with van der Waals surface area (Å²) in [4.78, 5) is 11.4. The molecule has 0 spiro atoms. The van der Waals surface area contributed by atoms with Crippen molar-refractivity contribution in [3.05, 3.63) is 0 Å². The molecule has 5 aliphatic carbocycles. The minimum absolute atomic E-state index is 0.180. The van der Waals surface area contributed by atoms with Crippen LogP contribution in [0.4, 0.5) is 0 Å². The number of ether oxygens (including phenoxy) is 1. The fourth-order valence-electron chi connectivity index (χ4n) is 13.1. The molecule has 0 saturated heterocycles. The summed E-state index contributed by atoms with van der Waals surface area (Å²) in [5.74, 6) is 5.85. The molecule has 0 aromatic heterocycles. The Morgan fingerprint density at radius 2 is 1.11 bits per heavy atom. The standard InChI is InChI=1S/C45H80O2/c1-3-5-7-11-17-37-21-25-40(26-22-37)44(33-29-42(30-34-44)47-36-46)35-43(39-19-13-9-14-20-39)45(31-15-10-16-32-45)41-27-23-38(24-28-41)18-12-8-6-4-2/h36-43H,3-35H2,1-2H3/t37-,38-,40-,41-,42?,43?,44?. The summed E-state index contributed by atoms with van der Waals surface area (Å²) in [6, 6.07) is 0. The van der Waals surface area contributed by atoms with Crippen molar-refractivity contribution in [1.82, 2.24) is 0 Å².